The van der Waals surface area contributed by atoms with E-state index in [9.17, 15) is 4.79 Å². The first kappa shape index (κ1) is 17.2. The summed E-state index contributed by atoms with van der Waals surface area (Å²) in [6.07, 6.45) is 3.62. The van der Waals surface area contributed by atoms with Crippen LogP contribution in [0.3, 0.4) is 0 Å². The van der Waals surface area contributed by atoms with E-state index in [0.29, 0.717) is 31.9 Å². The van der Waals surface area contributed by atoms with Crippen LogP contribution in [0.15, 0.2) is 49.6 Å². The van der Waals surface area contributed by atoms with Crippen molar-refractivity contribution in [1.29, 1.82) is 0 Å². The van der Waals surface area contributed by atoms with Gasteiger partial charge in [-0.15, -0.1) is 0 Å². The van der Waals surface area contributed by atoms with Gasteiger partial charge in [0, 0.05) is 24.2 Å². The van der Waals surface area contributed by atoms with Crippen molar-refractivity contribution in [2.45, 2.75) is 0 Å². The van der Waals surface area contributed by atoms with Crippen molar-refractivity contribution in [1.82, 2.24) is 14.9 Å². The molecular weight excluding hydrogens is 338 g/mol. The normalized spacial score (nSPS) is 14.3. The second-order valence-corrected chi connectivity index (χ2v) is 6.44. The molecule has 5 nitrogen and oxygen atoms in total. The van der Waals surface area contributed by atoms with E-state index < -0.39 is 0 Å². The van der Waals surface area contributed by atoms with Gasteiger partial charge in [-0.2, -0.15) is 0 Å². The van der Waals surface area contributed by atoms with Gasteiger partial charge in [-0.3, -0.25) is 4.79 Å². The standard InChI is InChI=1S/C22H21N3O2/c1-3-15-6-5-7-18(17(15)4-2)21-23-19-9-8-16(14-20(19)24-21)22(26)25-10-12-27-13-11-25/h3-9,14H,1-2,10-13H2,(H,23,24). The molecule has 0 atom stereocenters. The molecule has 0 radical (unpaired) electrons. The Morgan fingerprint density at radius 2 is 1.96 bits per heavy atom. The number of H-pyrrole nitrogens is 1. The molecular formula is C22H21N3O2. The molecule has 0 spiro atoms. The number of benzene rings is 2. The third-order valence-electron chi connectivity index (χ3n) is 4.85. The Labute approximate surface area is 158 Å². The topological polar surface area (TPSA) is 58.2 Å². The number of rotatable bonds is 4. The number of hydrogen-bond donors (Lipinski definition) is 1. The number of nitrogens with zero attached hydrogens (tertiary/aromatic N) is 2. The largest absolute Gasteiger partial charge is 0.378 e. The molecule has 5 heteroatoms. The molecule has 0 aliphatic carbocycles. The average Bonchev–Trinajstić information content (AvgIpc) is 3.16. The van der Waals surface area contributed by atoms with Gasteiger partial charge < -0.3 is 14.6 Å². The molecule has 1 N–H and O–H groups in total. The number of aromatic amines is 1. The predicted octanol–water partition coefficient (Wildman–Crippen LogP) is 3.99. The minimum Gasteiger partial charge on any atom is -0.378 e. The van der Waals surface area contributed by atoms with E-state index in [1.165, 1.54) is 0 Å². The van der Waals surface area contributed by atoms with Crippen molar-refractivity contribution in [3.8, 4) is 11.4 Å². The van der Waals surface area contributed by atoms with Crippen molar-refractivity contribution < 1.29 is 9.53 Å². The van der Waals surface area contributed by atoms with Crippen molar-refractivity contribution in [3.05, 3.63) is 66.2 Å². The van der Waals surface area contributed by atoms with E-state index in [4.69, 9.17) is 9.72 Å². The zero-order chi connectivity index (χ0) is 18.8. The Morgan fingerprint density at radius 3 is 2.70 bits per heavy atom. The number of fused-ring (bicyclic) bond motifs is 1. The highest BCUT2D eigenvalue weighted by atomic mass is 16.5. The number of carbonyl (C=O) groups is 1. The maximum absolute atomic E-state index is 12.7. The lowest BCUT2D eigenvalue weighted by atomic mass is 10.0. The molecule has 4 rings (SSSR count). The van der Waals surface area contributed by atoms with E-state index >= 15 is 0 Å². The number of ether oxygens (including phenoxy) is 1. The Morgan fingerprint density at radius 1 is 1.15 bits per heavy atom. The highest BCUT2D eigenvalue weighted by Gasteiger charge is 2.19. The van der Waals surface area contributed by atoms with E-state index in [1.807, 2.05) is 53.5 Å². The van der Waals surface area contributed by atoms with Crippen molar-refractivity contribution in [3.63, 3.8) is 0 Å². The summed E-state index contributed by atoms with van der Waals surface area (Å²) in [6, 6.07) is 11.6. The highest BCUT2D eigenvalue weighted by molar-refractivity contribution is 5.98. The van der Waals surface area contributed by atoms with Crippen LogP contribution in [0.2, 0.25) is 0 Å². The molecule has 0 bridgehead atoms. The highest BCUT2D eigenvalue weighted by Crippen LogP contribution is 2.28. The van der Waals surface area contributed by atoms with Gasteiger partial charge in [0.25, 0.3) is 5.91 Å². The molecule has 1 fully saturated rings. The van der Waals surface area contributed by atoms with E-state index in [1.54, 1.807) is 0 Å². The molecule has 1 aliphatic rings. The summed E-state index contributed by atoms with van der Waals surface area (Å²) >= 11 is 0. The van der Waals surface area contributed by atoms with Gasteiger partial charge in [0.15, 0.2) is 0 Å². The SMILES string of the molecule is C=Cc1cccc(-c2nc3ccc(C(=O)N4CCOCC4)cc3[nH]2)c1C=C. The molecule has 27 heavy (non-hydrogen) atoms. The Kier molecular flexibility index (Phi) is 4.60. The smallest absolute Gasteiger partial charge is 0.254 e. The molecule has 0 unspecified atom stereocenters. The number of morpholine rings is 1. The average molecular weight is 359 g/mol. The van der Waals surface area contributed by atoms with E-state index in [-0.39, 0.29) is 5.91 Å². The summed E-state index contributed by atoms with van der Waals surface area (Å²) in [6.45, 7) is 10.2. The van der Waals surface area contributed by atoms with Gasteiger partial charge in [0.1, 0.15) is 5.82 Å². The first-order valence-corrected chi connectivity index (χ1v) is 8.96. The third-order valence-corrected chi connectivity index (χ3v) is 4.85. The van der Waals surface area contributed by atoms with Crippen molar-refractivity contribution in [2.75, 3.05) is 26.3 Å². The molecule has 1 aromatic heterocycles. The van der Waals surface area contributed by atoms with Crippen LogP contribution in [0.5, 0.6) is 0 Å². The number of carbonyl (C=O) groups excluding carboxylic acids is 1. The summed E-state index contributed by atoms with van der Waals surface area (Å²) in [5.74, 6) is 0.774. The zero-order valence-corrected chi connectivity index (χ0v) is 15.1. The maximum Gasteiger partial charge on any atom is 0.254 e. The third kappa shape index (κ3) is 3.17. The van der Waals surface area contributed by atoms with Crippen LogP contribution in [0.4, 0.5) is 0 Å². The fraction of sp³-hybridized carbons (Fsp3) is 0.182. The van der Waals surface area contributed by atoms with Crippen LogP contribution < -0.4 is 0 Å². The Bertz CT molecular complexity index is 1030. The Balaban J connectivity index is 1.72. The number of amides is 1. The first-order valence-electron chi connectivity index (χ1n) is 8.96. The van der Waals surface area contributed by atoms with E-state index in [0.717, 1.165) is 33.5 Å². The predicted molar refractivity (Wildman–Crippen MR) is 108 cm³/mol. The van der Waals surface area contributed by atoms with Crippen LogP contribution in [-0.4, -0.2) is 47.1 Å². The molecule has 1 aliphatic heterocycles. The van der Waals surface area contributed by atoms with Gasteiger partial charge in [0.05, 0.1) is 24.2 Å². The summed E-state index contributed by atoms with van der Waals surface area (Å²) in [5.41, 5.74) is 5.26. The molecule has 136 valence electrons. The lowest BCUT2D eigenvalue weighted by Crippen LogP contribution is -2.40. The molecule has 1 saturated heterocycles. The van der Waals surface area contributed by atoms with Gasteiger partial charge in [-0.25, -0.2) is 4.98 Å². The van der Waals surface area contributed by atoms with Crippen LogP contribution in [-0.2, 0) is 4.74 Å². The van der Waals surface area contributed by atoms with Crippen LogP contribution in [0.1, 0.15) is 21.5 Å². The minimum absolute atomic E-state index is 0.0248. The molecule has 0 saturated carbocycles. The number of hydrogen-bond acceptors (Lipinski definition) is 3. The lowest BCUT2D eigenvalue weighted by molar-refractivity contribution is 0.0303. The van der Waals surface area contributed by atoms with Crippen LogP contribution in [0, 0.1) is 0 Å². The number of nitrogens with one attached hydrogen (secondary N) is 1. The van der Waals surface area contributed by atoms with Crippen LogP contribution in [0.25, 0.3) is 34.6 Å². The molecule has 1 amide bonds. The van der Waals surface area contributed by atoms with Crippen molar-refractivity contribution >= 4 is 29.1 Å². The fourth-order valence-corrected chi connectivity index (χ4v) is 3.41. The van der Waals surface area contributed by atoms with Gasteiger partial charge in [-0.05, 0) is 29.3 Å². The van der Waals surface area contributed by atoms with Crippen LogP contribution >= 0.6 is 0 Å². The van der Waals surface area contributed by atoms with E-state index in [2.05, 4.69) is 18.1 Å². The second-order valence-electron chi connectivity index (χ2n) is 6.44. The fourth-order valence-electron chi connectivity index (χ4n) is 3.41. The molecule has 3 aromatic rings. The molecule has 2 heterocycles. The number of aromatic nitrogens is 2. The van der Waals surface area contributed by atoms with Crippen molar-refractivity contribution in [2.24, 2.45) is 0 Å². The maximum atomic E-state index is 12.7. The monoisotopic (exact) mass is 359 g/mol. The first-order chi connectivity index (χ1) is 13.2. The lowest BCUT2D eigenvalue weighted by Gasteiger charge is -2.26. The summed E-state index contributed by atoms with van der Waals surface area (Å²) in [5, 5.41) is 0. The number of imidazole rings is 1. The summed E-state index contributed by atoms with van der Waals surface area (Å²) < 4.78 is 5.32. The van der Waals surface area contributed by atoms with Gasteiger partial charge in [0.2, 0.25) is 0 Å². The summed E-state index contributed by atoms with van der Waals surface area (Å²) in [7, 11) is 0. The second kappa shape index (κ2) is 7.21. The Hall–Kier alpha value is -3.18. The van der Waals surface area contributed by atoms with Gasteiger partial charge >= 0.3 is 0 Å². The molecule has 2 aromatic carbocycles. The van der Waals surface area contributed by atoms with Gasteiger partial charge in [-0.1, -0.05) is 43.5 Å². The quantitative estimate of drug-likeness (QED) is 0.766. The zero-order valence-electron chi connectivity index (χ0n) is 15.1. The minimum atomic E-state index is 0.0248. The summed E-state index contributed by atoms with van der Waals surface area (Å²) in [4.78, 5) is 22.6.